The number of aryl methyl sites for hydroxylation is 1. The first kappa shape index (κ1) is 38.1. The van der Waals surface area contributed by atoms with Gasteiger partial charge in [0.1, 0.15) is 0 Å². The molecule has 4 aliphatic rings. The number of hydrogen-bond donors (Lipinski definition) is 0. The van der Waals surface area contributed by atoms with Gasteiger partial charge in [-0.1, -0.05) is 148 Å². The number of anilines is 8. The number of hydrogen-bond acceptors (Lipinski definition) is 3. The van der Waals surface area contributed by atoms with Crippen LogP contribution in [0.2, 0.25) is 0 Å². The number of rotatable bonds is 4. The summed E-state index contributed by atoms with van der Waals surface area (Å²) in [7, 11) is 0. The Hall–Kier alpha value is -7.62. The van der Waals surface area contributed by atoms with Gasteiger partial charge in [-0.2, -0.15) is 0 Å². The van der Waals surface area contributed by atoms with Crippen molar-refractivity contribution in [3.05, 3.63) is 256 Å². The Morgan fingerprint density at radius 3 is 1.75 bits per heavy atom. The molecule has 0 radical (unpaired) electrons. The zero-order valence-electron chi connectivity index (χ0n) is 36.6. The molecule has 0 amide bonds. The molecule has 0 unspecified atom stereocenters. The molecule has 12 rings (SSSR count). The number of benzene rings is 8. The minimum atomic E-state index is -0.255. The Bertz CT molecular complexity index is 3260. The van der Waals surface area contributed by atoms with Gasteiger partial charge >= 0.3 is 0 Å². The molecule has 0 fully saturated rings. The molecule has 64 heavy (non-hydrogen) atoms. The predicted molar refractivity (Wildman–Crippen MR) is 269 cm³/mol. The van der Waals surface area contributed by atoms with Gasteiger partial charge in [-0.05, 0) is 147 Å². The molecule has 0 spiro atoms. The molecule has 3 nitrogen and oxygen atoms in total. The molecule has 0 bridgehead atoms. The molecule has 0 N–H and O–H groups in total. The zero-order valence-corrected chi connectivity index (χ0v) is 36.6. The summed E-state index contributed by atoms with van der Waals surface area (Å²) in [5.41, 5.74) is 25.8. The van der Waals surface area contributed by atoms with Crippen molar-refractivity contribution >= 4 is 51.1 Å². The number of fused-ring (bicyclic) bond motifs is 6. The van der Waals surface area contributed by atoms with Crippen LogP contribution in [0.1, 0.15) is 63.9 Å². The van der Waals surface area contributed by atoms with Crippen LogP contribution in [0.4, 0.5) is 45.5 Å². The average Bonchev–Trinajstić information content (AvgIpc) is 3.39. The summed E-state index contributed by atoms with van der Waals surface area (Å²) < 4.78 is 0. The summed E-state index contributed by atoms with van der Waals surface area (Å²) >= 11 is 0. The first-order valence-corrected chi connectivity index (χ1v) is 22.6. The fourth-order valence-electron chi connectivity index (χ4n) is 10.8. The zero-order chi connectivity index (χ0) is 43.1. The van der Waals surface area contributed by atoms with E-state index in [9.17, 15) is 0 Å². The topological polar surface area (TPSA) is 9.72 Å². The summed E-state index contributed by atoms with van der Waals surface area (Å²) in [5, 5.41) is 0. The molecule has 0 saturated carbocycles. The average molecular weight is 824 g/mol. The minimum Gasteiger partial charge on any atom is -0.310 e. The van der Waals surface area contributed by atoms with Gasteiger partial charge in [-0.15, -0.1) is 0 Å². The molecular formula is C61H49N3. The fraction of sp³-hybridized carbons (Fsp3) is 0.115. The van der Waals surface area contributed by atoms with E-state index in [0.29, 0.717) is 0 Å². The molecule has 8 aromatic rings. The summed E-state index contributed by atoms with van der Waals surface area (Å²) in [5.74, 6) is 0. The van der Waals surface area contributed by atoms with Crippen LogP contribution in [-0.2, 0) is 24.7 Å². The highest BCUT2D eigenvalue weighted by Crippen LogP contribution is 2.54. The van der Waals surface area contributed by atoms with Crippen molar-refractivity contribution in [1.82, 2.24) is 0 Å². The van der Waals surface area contributed by atoms with Crippen LogP contribution in [0, 0.1) is 6.92 Å². The maximum Gasteiger partial charge on any atom is 0.0537 e. The van der Waals surface area contributed by atoms with E-state index >= 15 is 0 Å². The van der Waals surface area contributed by atoms with E-state index < -0.39 is 0 Å². The normalized spacial score (nSPS) is 16.6. The van der Waals surface area contributed by atoms with Crippen molar-refractivity contribution in [2.45, 2.75) is 45.4 Å². The molecule has 0 aromatic heterocycles. The second-order valence-electron chi connectivity index (χ2n) is 18.3. The van der Waals surface area contributed by atoms with E-state index in [-0.39, 0.29) is 5.41 Å². The smallest absolute Gasteiger partial charge is 0.0537 e. The first-order valence-electron chi connectivity index (χ1n) is 22.6. The lowest BCUT2D eigenvalue weighted by molar-refractivity contribution is 0.629. The van der Waals surface area contributed by atoms with Gasteiger partial charge in [0.2, 0.25) is 0 Å². The lowest BCUT2D eigenvalue weighted by Crippen LogP contribution is -2.33. The Morgan fingerprint density at radius 1 is 0.438 bits per heavy atom. The molecule has 0 saturated heterocycles. The Labute approximate surface area is 377 Å². The molecular weight excluding hydrogens is 775 g/mol. The van der Waals surface area contributed by atoms with E-state index in [0.717, 1.165) is 25.0 Å². The summed E-state index contributed by atoms with van der Waals surface area (Å²) in [6, 6.07) is 65.3. The van der Waals surface area contributed by atoms with Crippen LogP contribution in [0.5, 0.6) is 0 Å². The van der Waals surface area contributed by atoms with E-state index in [1.807, 2.05) is 0 Å². The second kappa shape index (κ2) is 14.7. The van der Waals surface area contributed by atoms with Crippen LogP contribution in [0.25, 0.3) is 16.7 Å². The van der Waals surface area contributed by atoms with E-state index in [1.165, 1.54) is 112 Å². The third-order valence-corrected chi connectivity index (χ3v) is 14.1. The van der Waals surface area contributed by atoms with Crippen molar-refractivity contribution in [3.8, 4) is 11.1 Å². The summed E-state index contributed by atoms with van der Waals surface area (Å²) in [6.07, 6.45) is 9.52. The van der Waals surface area contributed by atoms with Crippen molar-refractivity contribution < 1.29 is 0 Å². The molecule has 4 heterocycles. The van der Waals surface area contributed by atoms with Crippen LogP contribution >= 0.6 is 0 Å². The van der Waals surface area contributed by atoms with Crippen LogP contribution in [0.15, 0.2) is 206 Å². The summed E-state index contributed by atoms with van der Waals surface area (Å²) in [6.45, 7) is 11.8. The maximum atomic E-state index is 4.80. The highest BCUT2D eigenvalue weighted by Gasteiger charge is 2.39. The minimum absolute atomic E-state index is 0.255. The van der Waals surface area contributed by atoms with Gasteiger partial charge in [0.25, 0.3) is 0 Å². The first-order chi connectivity index (χ1) is 31.3. The lowest BCUT2D eigenvalue weighted by Gasteiger charge is -2.43. The summed E-state index contributed by atoms with van der Waals surface area (Å²) in [4.78, 5) is 7.34. The van der Waals surface area contributed by atoms with E-state index in [4.69, 9.17) is 6.58 Å². The monoisotopic (exact) mass is 823 g/mol. The molecule has 0 atom stereocenters. The van der Waals surface area contributed by atoms with Crippen molar-refractivity contribution in [3.63, 3.8) is 0 Å². The highest BCUT2D eigenvalue weighted by molar-refractivity contribution is 5.92. The molecule has 0 aliphatic carbocycles. The van der Waals surface area contributed by atoms with Crippen LogP contribution in [-0.4, -0.2) is 0 Å². The third-order valence-electron chi connectivity index (χ3n) is 14.1. The molecule has 3 heteroatoms. The number of para-hydroxylation sites is 5. The lowest BCUT2D eigenvalue weighted by atomic mass is 9.71. The maximum absolute atomic E-state index is 4.80. The molecule has 308 valence electrons. The van der Waals surface area contributed by atoms with Crippen molar-refractivity contribution in [2.75, 3.05) is 14.7 Å². The number of allylic oxidation sites excluding steroid dienone is 4. The van der Waals surface area contributed by atoms with Gasteiger partial charge in [-0.25, -0.2) is 0 Å². The van der Waals surface area contributed by atoms with Gasteiger partial charge in [-0.3, -0.25) is 0 Å². The Kier molecular flexibility index (Phi) is 8.78. The van der Waals surface area contributed by atoms with Crippen molar-refractivity contribution in [2.24, 2.45) is 0 Å². The predicted octanol–water partition coefficient (Wildman–Crippen LogP) is 15.9. The third kappa shape index (κ3) is 6.02. The van der Waals surface area contributed by atoms with E-state index in [1.54, 1.807) is 0 Å². The largest absolute Gasteiger partial charge is 0.310 e. The molecule has 8 aromatic carbocycles. The Balaban J connectivity index is 1.02. The quantitative estimate of drug-likeness (QED) is 0.175. The van der Waals surface area contributed by atoms with Crippen LogP contribution < -0.4 is 14.7 Å². The number of nitrogens with zero attached hydrogens (tertiary/aromatic N) is 3. The van der Waals surface area contributed by atoms with Crippen molar-refractivity contribution in [1.29, 1.82) is 0 Å². The van der Waals surface area contributed by atoms with Gasteiger partial charge < -0.3 is 14.7 Å². The highest BCUT2D eigenvalue weighted by atomic mass is 15.2. The standard InChI is InChI=1S/C61H49N3/c1-40-16-8-12-22-54(40)64-56-24-14-10-18-46(56)35-48-31-29-43(38-59(48)64)42-27-26-41(2)62-57-25-15-11-21-52(57)61(3,4)53-37-50(36-49(33-28-42)60(53)62)44-30-32-47-34-45-17-9-13-23-55(45)63(58(47)39-44)51-19-6-5-7-20-51/h5-32,36-39H,2,33-35H2,1,3-4H3/b27-26-,42-28+. The Morgan fingerprint density at radius 2 is 1.02 bits per heavy atom. The SMILES string of the molecule is C=C1/C=C\C(c2ccc3c(c2)N(c2ccccc2C)c2ccccc2C3)=C/Cc2cc(-c3ccc4c(c3)N(c3ccccc3)c3ccccc3C4)cc3c2N1c1ccccc1C3(C)C. The fourth-order valence-corrected chi connectivity index (χ4v) is 10.8. The van der Waals surface area contributed by atoms with Gasteiger partial charge in [0.15, 0.2) is 0 Å². The molecule has 4 aliphatic heterocycles. The van der Waals surface area contributed by atoms with Gasteiger partial charge in [0.05, 0.1) is 22.7 Å². The van der Waals surface area contributed by atoms with Gasteiger partial charge in [0, 0.05) is 46.7 Å². The second-order valence-corrected chi connectivity index (χ2v) is 18.3. The van der Waals surface area contributed by atoms with E-state index in [2.05, 4.69) is 230 Å². The van der Waals surface area contributed by atoms with Crippen LogP contribution in [0.3, 0.4) is 0 Å².